The molecule has 24 heavy (non-hydrogen) atoms. The van der Waals surface area contributed by atoms with Crippen molar-refractivity contribution in [3.63, 3.8) is 0 Å². The molecule has 3 aromatic rings. The van der Waals surface area contributed by atoms with Crippen LogP contribution in [0, 0.1) is 0 Å². The largest absolute Gasteiger partial charge is 0.461 e. The van der Waals surface area contributed by atoms with Gasteiger partial charge in [-0.25, -0.2) is 4.79 Å². The second-order valence-electron chi connectivity index (χ2n) is 5.59. The van der Waals surface area contributed by atoms with Gasteiger partial charge in [-0.3, -0.25) is 4.79 Å². The molecule has 1 aromatic heterocycles. The topological polar surface area (TPSA) is 59.2 Å². The van der Waals surface area contributed by atoms with Crippen molar-refractivity contribution in [3.8, 4) is 22.4 Å². The van der Waals surface area contributed by atoms with Gasteiger partial charge in [0.2, 0.25) is 0 Å². The molecule has 4 rings (SSSR count). The van der Waals surface area contributed by atoms with Crippen LogP contribution in [0.4, 0.5) is 0 Å². The molecular weight excluding hydrogens is 302 g/mol. The van der Waals surface area contributed by atoms with E-state index < -0.39 is 5.97 Å². The fraction of sp³-hybridized carbons (Fsp3) is 0.100. The monoisotopic (exact) mass is 317 g/mol. The van der Waals surface area contributed by atoms with Crippen molar-refractivity contribution in [2.75, 3.05) is 6.61 Å². The average molecular weight is 317 g/mol. The molecule has 0 saturated carbocycles. The summed E-state index contributed by atoms with van der Waals surface area (Å²) in [6, 6.07) is 16.9. The lowest BCUT2D eigenvalue weighted by atomic mass is 9.98. The van der Waals surface area contributed by atoms with Crippen LogP contribution in [0.3, 0.4) is 0 Å². The van der Waals surface area contributed by atoms with Crippen molar-refractivity contribution in [2.24, 2.45) is 0 Å². The maximum atomic E-state index is 12.9. The van der Waals surface area contributed by atoms with Crippen LogP contribution >= 0.6 is 0 Å². The predicted octanol–water partition coefficient (Wildman–Crippen LogP) is 4.07. The number of aromatic amines is 1. The highest BCUT2D eigenvalue weighted by atomic mass is 16.5. The maximum Gasteiger partial charge on any atom is 0.355 e. The summed E-state index contributed by atoms with van der Waals surface area (Å²) < 4.78 is 5.17. The van der Waals surface area contributed by atoms with Gasteiger partial charge < -0.3 is 9.72 Å². The lowest BCUT2D eigenvalue weighted by Gasteiger charge is -2.06. The van der Waals surface area contributed by atoms with Gasteiger partial charge in [-0.2, -0.15) is 0 Å². The van der Waals surface area contributed by atoms with E-state index in [1.165, 1.54) is 0 Å². The predicted molar refractivity (Wildman–Crippen MR) is 91.1 cm³/mol. The zero-order valence-corrected chi connectivity index (χ0v) is 13.1. The van der Waals surface area contributed by atoms with Gasteiger partial charge in [0.25, 0.3) is 0 Å². The number of hydrogen-bond donors (Lipinski definition) is 1. The molecule has 0 unspecified atom stereocenters. The summed E-state index contributed by atoms with van der Waals surface area (Å²) in [6.45, 7) is 2.04. The van der Waals surface area contributed by atoms with Gasteiger partial charge in [0.05, 0.1) is 17.9 Å². The van der Waals surface area contributed by atoms with E-state index in [1.807, 2.05) is 54.6 Å². The molecule has 0 saturated heterocycles. The number of H-pyrrole nitrogens is 1. The van der Waals surface area contributed by atoms with Crippen molar-refractivity contribution < 1.29 is 14.3 Å². The zero-order chi connectivity index (χ0) is 16.7. The minimum atomic E-state index is -0.448. The molecule has 1 aliphatic carbocycles. The number of esters is 1. The van der Waals surface area contributed by atoms with E-state index in [-0.39, 0.29) is 12.4 Å². The van der Waals surface area contributed by atoms with Crippen molar-refractivity contribution >= 4 is 11.8 Å². The number of ether oxygens (including phenoxy) is 1. The van der Waals surface area contributed by atoms with E-state index in [0.29, 0.717) is 28.1 Å². The van der Waals surface area contributed by atoms with Crippen LogP contribution in [0.15, 0.2) is 54.6 Å². The fourth-order valence-corrected chi connectivity index (χ4v) is 3.21. The van der Waals surface area contributed by atoms with Gasteiger partial charge in [-0.15, -0.1) is 0 Å². The Morgan fingerprint density at radius 3 is 2.33 bits per heavy atom. The number of nitrogens with one attached hydrogen (secondary N) is 1. The SMILES string of the molecule is CCOC(=O)c1[nH]c2c(c1-c1ccccc1)C(=O)c1ccccc1-2. The number of aromatic nitrogens is 1. The Labute approximate surface area is 139 Å². The Morgan fingerprint density at radius 2 is 1.62 bits per heavy atom. The number of benzene rings is 2. The molecule has 1 heterocycles. The van der Waals surface area contributed by atoms with Crippen molar-refractivity contribution in [1.29, 1.82) is 0 Å². The van der Waals surface area contributed by atoms with Gasteiger partial charge in [0.1, 0.15) is 5.69 Å². The first-order chi connectivity index (χ1) is 11.7. The smallest absolute Gasteiger partial charge is 0.355 e. The number of carbonyl (C=O) groups is 2. The van der Waals surface area contributed by atoms with E-state index in [2.05, 4.69) is 4.98 Å². The van der Waals surface area contributed by atoms with Gasteiger partial charge in [0, 0.05) is 16.7 Å². The number of fused-ring (bicyclic) bond motifs is 3. The first-order valence-corrected chi connectivity index (χ1v) is 7.85. The lowest BCUT2D eigenvalue weighted by Crippen LogP contribution is -2.08. The molecular formula is C20H15NO3. The van der Waals surface area contributed by atoms with Crippen LogP contribution in [0.1, 0.15) is 33.3 Å². The molecule has 118 valence electrons. The van der Waals surface area contributed by atoms with Gasteiger partial charge >= 0.3 is 5.97 Å². The molecule has 0 atom stereocenters. The summed E-state index contributed by atoms with van der Waals surface area (Å²) >= 11 is 0. The molecule has 0 fully saturated rings. The Kier molecular flexibility index (Phi) is 3.31. The standard InChI is InChI=1S/C20H15NO3/c1-2-24-20(23)18-15(12-8-4-3-5-9-12)16-17(21-18)13-10-6-7-11-14(13)19(16)22/h3-11,21H,2H2,1H3. The number of rotatable bonds is 3. The van der Waals surface area contributed by atoms with Crippen LogP contribution in [0.5, 0.6) is 0 Å². The fourth-order valence-electron chi connectivity index (χ4n) is 3.21. The molecule has 0 amide bonds. The van der Waals surface area contributed by atoms with Gasteiger partial charge in [-0.1, -0.05) is 54.6 Å². The highest BCUT2D eigenvalue weighted by Crippen LogP contribution is 2.43. The molecule has 1 N–H and O–H groups in total. The highest BCUT2D eigenvalue weighted by molar-refractivity contribution is 6.26. The molecule has 0 bridgehead atoms. The Bertz CT molecular complexity index is 954. The minimum absolute atomic E-state index is 0.0637. The molecule has 4 heteroatoms. The molecule has 4 nitrogen and oxygen atoms in total. The van der Waals surface area contributed by atoms with Gasteiger partial charge in [0.15, 0.2) is 5.78 Å². The van der Waals surface area contributed by atoms with Crippen molar-refractivity contribution in [3.05, 3.63) is 71.4 Å². The summed E-state index contributed by atoms with van der Waals surface area (Å²) in [7, 11) is 0. The Morgan fingerprint density at radius 1 is 0.958 bits per heavy atom. The second-order valence-corrected chi connectivity index (χ2v) is 5.59. The Balaban J connectivity index is 2.01. The van der Waals surface area contributed by atoms with Crippen molar-refractivity contribution in [1.82, 2.24) is 4.98 Å². The molecule has 0 radical (unpaired) electrons. The van der Waals surface area contributed by atoms with Crippen LogP contribution in [-0.2, 0) is 4.74 Å². The zero-order valence-electron chi connectivity index (χ0n) is 13.1. The third-order valence-corrected chi connectivity index (χ3v) is 4.21. The van der Waals surface area contributed by atoms with E-state index in [4.69, 9.17) is 4.74 Å². The summed E-state index contributed by atoms with van der Waals surface area (Å²) in [5.74, 6) is -0.512. The number of carbonyl (C=O) groups excluding carboxylic acids is 2. The maximum absolute atomic E-state index is 12.9. The lowest BCUT2D eigenvalue weighted by molar-refractivity contribution is 0.0521. The summed E-state index contributed by atoms with van der Waals surface area (Å²) in [5, 5.41) is 0. The third-order valence-electron chi connectivity index (χ3n) is 4.21. The molecule has 0 aliphatic heterocycles. The molecule has 2 aromatic carbocycles. The normalized spacial score (nSPS) is 12.0. The average Bonchev–Trinajstić information content (AvgIpc) is 3.13. The van der Waals surface area contributed by atoms with E-state index in [0.717, 1.165) is 11.1 Å². The first-order valence-electron chi connectivity index (χ1n) is 7.85. The second kappa shape index (κ2) is 5.49. The quantitative estimate of drug-likeness (QED) is 0.579. The summed E-state index contributed by atoms with van der Waals surface area (Å²) in [6.07, 6.45) is 0. The minimum Gasteiger partial charge on any atom is -0.461 e. The molecule has 1 aliphatic rings. The van der Waals surface area contributed by atoms with E-state index in [9.17, 15) is 9.59 Å². The first kappa shape index (κ1) is 14.5. The van der Waals surface area contributed by atoms with Crippen molar-refractivity contribution in [2.45, 2.75) is 6.92 Å². The molecule has 0 spiro atoms. The van der Waals surface area contributed by atoms with Crippen LogP contribution in [-0.4, -0.2) is 23.3 Å². The number of ketones is 1. The summed E-state index contributed by atoms with van der Waals surface area (Å²) in [4.78, 5) is 28.4. The van der Waals surface area contributed by atoms with Crippen LogP contribution < -0.4 is 0 Å². The highest BCUT2D eigenvalue weighted by Gasteiger charge is 2.35. The van der Waals surface area contributed by atoms with Crippen LogP contribution in [0.2, 0.25) is 0 Å². The third kappa shape index (κ3) is 2.00. The van der Waals surface area contributed by atoms with Gasteiger partial charge in [-0.05, 0) is 12.5 Å². The Hall–Kier alpha value is -3.14. The van der Waals surface area contributed by atoms with E-state index >= 15 is 0 Å². The number of hydrogen-bond acceptors (Lipinski definition) is 3. The van der Waals surface area contributed by atoms with Crippen LogP contribution in [0.25, 0.3) is 22.4 Å². The summed E-state index contributed by atoms with van der Waals surface area (Å²) in [5.41, 5.74) is 4.49. The van der Waals surface area contributed by atoms with E-state index in [1.54, 1.807) is 6.92 Å².